The fraction of sp³-hybridized carbons (Fsp3) is 0.250. The van der Waals surface area contributed by atoms with Crippen LogP contribution in [0.15, 0.2) is 41.5 Å². The van der Waals surface area contributed by atoms with Gasteiger partial charge in [-0.3, -0.25) is 4.99 Å². The molecule has 1 rings (SSSR count). The molecule has 0 amide bonds. The van der Waals surface area contributed by atoms with Gasteiger partial charge in [0.25, 0.3) is 0 Å². The normalized spacial score (nSPS) is 11.1. The summed E-state index contributed by atoms with van der Waals surface area (Å²) in [6.45, 7) is 7.99. The van der Waals surface area contributed by atoms with E-state index in [2.05, 4.69) is 25.4 Å². The Kier molecular flexibility index (Phi) is 3.69. The van der Waals surface area contributed by atoms with E-state index in [1.54, 1.807) is 6.21 Å². The molecule has 0 aliphatic carbocycles. The van der Waals surface area contributed by atoms with Crippen molar-refractivity contribution < 1.29 is 0 Å². The molecule has 0 N–H and O–H groups in total. The van der Waals surface area contributed by atoms with Gasteiger partial charge in [-0.15, -0.1) is 0 Å². The maximum Gasteiger partial charge on any atom is 0.114 e. The van der Waals surface area contributed by atoms with Crippen molar-refractivity contribution in [3.05, 3.63) is 42.1 Å². The Labute approximate surface area is 87.0 Å². The van der Waals surface area contributed by atoms with Crippen LogP contribution in [0.4, 0.5) is 0 Å². The number of benzene rings is 1. The van der Waals surface area contributed by atoms with E-state index in [0.717, 1.165) is 16.7 Å². The van der Waals surface area contributed by atoms with E-state index in [1.165, 1.54) is 0 Å². The van der Waals surface area contributed by atoms with E-state index >= 15 is 0 Å². The molecule has 2 heteroatoms. The minimum atomic E-state index is 0.371. The summed E-state index contributed by atoms with van der Waals surface area (Å²) in [4.78, 5) is 4.26. The highest BCUT2D eigenvalue weighted by molar-refractivity contribution is 6.35. The highest BCUT2D eigenvalue weighted by Crippen LogP contribution is 2.07. The highest BCUT2D eigenvalue weighted by atomic mass is 14.7. The number of hydrogen-bond acceptors (Lipinski definition) is 1. The van der Waals surface area contributed by atoms with Crippen LogP contribution in [0.1, 0.15) is 19.4 Å². The second kappa shape index (κ2) is 4.80. The first-order valence-electron chi connectivity index (χ1n) is 4.68. The average Bonchev–Trinajstić information content (AvgIpc) is 2.16. The molecule has 1 aromatic rings. The number of nitrogens with zero attached hydrogens (tertiary/aromatic N) is 1. The number of hydrogen-bond donors (Lipinski definition) is 0. The third-order valence-electron chi connectivity index (χ3n) is 2.03. The smallest absolute Gasteiger partial charge is 0.114 e. The predicted molar refractivity (Wildman–Crippen MR) is 63.4 cm³/mol. The first-order chi connectivity index (χ1) is 6.61. The summed E-state index contributed by atoms with van der Waals surface area (Å²) in [7, 11) is 5.76. The molecular weight excluding hydrogens is 169 g/mol. The maximum atomic E-state index is 5.76. The van der Waals surface area contributed by atoms with Crippen LogP contribution in [-0.4, -0.2) is 14.1 Å². The Morgan fingerprint density at radius 3 is 2.64 bits per heavy atom. The van der Waals surface area contributed by atoms with Crippen LogP contribution in [0, 0.1) is 5.92 Å². The van der Waals surface area contributed by atoms with Gasteiger partial charge in [0.1, 0.15) is 7.85 Å². The van der Waals surface area contributed by atoms with Gasteiger partial charge in [-0.2, -0.15) is 0 Å². The Morgan fingerprint density at radius 1 is 1.43 bits per heavy atom. The molecule has 0 unspecified atom stereocenters. The van der Waals surface area contributed by atoms with Crippen LogP contribution < -0.4 is 5.46 Å². The fourth-order valence-corrected chi connectivity index (χ4v) is 0.930. The van der Waals surface area contributed by atoms with Gasteiger partial charge >= 0.3 is 0 Å². The molecule has 14 heavy (non-hydrogen) atoms. The van der Waals surface area contributed by atoms with Gasteiger partial charge in [0.05, 0.1) is 0 Å². The van der Waals surface area contributed by atoms with Crippen molar-refractivity contribution in [2.24, 2.45) is 10.9 Å². The largest absolute Gasteiger partial charge is 0.261 e. The Balaban J connectivity index is 2.79. The first-order valence-corrected chi connectivity index (χ1v) is 4.68. The first kappa shape index (κ1) is 10.8. The Bertz CT molecular complexity index is 353. The fourth-order valence-electron chi connectivity index (χ4n) is 0.930. The third-order valence-corrected chi connectivity index (χ3v) is 2.03. The zero-order valence-electron chi connectivity index (χ0n) is 8.70. The second-order valence-corrected chi connectivity index (χ2v) is 3.53. The molecule has 0 aliphatic rings. The summed E-state index contributed by atoms with van der Waals surface area (Å²) >= 11 is 0. The molecule has 70 valence electrons. The number of aliphatic imine (C=N–C) groups is 1. The van der Waals surface area contributed by atoms with Crippen LogP contribution in [0.5, 0.6) is 0 Å². The standard InChI is InChI=1S/C12H14BN/c1-9(2)10(3)14-8-11-6-4-5-7-12(11)13/h4-9H,3H2,1-2H3. The lowest BCUT2D eigenvalue weighted by Crippen LogP contribution is -2.08. The lowest BCUT2D eigenvalue weighted by molar-refractivity contribution is 0.763. The van der Waals surface area contributed by atoms with Crippen molar-refractivity contribution in [2.45, 2.75) is 13.8 Å². The summed E-state index contributed by atoms with van der Waals surface area (Å²) in [6, 6.07) is 7.64. The van der Waals surface area contributed by atoms with E-state index in [0.29, 0.717) is 5.92 Å². The van der Waals surface area contributed by atoms with E-state index in [4.69, 9.17) is 7.85 Å². The molecular formula is C12H14BN. The van der Waals surface area contributed by atoms with Crippen LogP contribution >= 0.6 is 0 Å². The summed E-state index contributed by atoms with van der Waals surface area (Å²) in [6.07, 6.45) is 1.76. The van der Waals surface area contributed by atoms with Gasteiger partial charge in [-0.25, -0.2) is 0 Å². The number of allylic oxidation sites excluding steroid dienone is 1. The molecule has 1 aromatic carbocycles. The molecule has 0 aliphatic heterocycles. The van der Waals surface area contributed by atoms with E-state index in [-0.39, 0.29) is 0 Å². The number of rotatable bonds is 3. The molecule has 0 saturated heterocycles. The van der Waals surface area contributed by atoms with Crippen molar-refractivity contribution in [2.75, 3.05) is 0 Å². The monoisotopic (exact) mass is 183 g/mol. The van der Waals surface area contributed by atoms with Gasteiger partial charge in [-0.1, -0.05) is 50.2 Å². The zero-order valence-corrected chi connectivity index (χ0v) is 8.70. The van der Waals surface area contributed by atoms with Crippen LogP contribution in [0.3, 0.4) is 0 Å². The van der Waals surface area contributed by atoms with E-state index < -0.39 is 0 Å². The van der Waals surface area contributed by atoms with Gasteiger partial charge in [0, 0.05) is 11.9 Å². The lowest BCUT2D eigenvalue weighted by atomic mass is 9.91. The molecule has 0 aromatic heterocycles. The molecule has 1 nitrogen and oxygen atoms in total. The summed E-state index contributed by atoms with van der Waals surface area (Å²) < 4.78 is 0. The SMILES string of the molecule is [B]c1ccccc1C=NC(=C)C(C)C. The molecule has 0 heterocycles. The average molecular weight is 183 g/mol. The molecule has 0 saturated carbocycles. The maximum absolute atomic E-state index is 5.76. The van der Waals surface area contributed by atoms with E-state index in [9.17, 15) is 0 Å². The zero-order chi connectivity index (χ0) is 10.6. The van der Waals surface area contributed by atoms with Crippen molar-refractivity contribution in [1.29, 1.82) is 0 Å². The molecule has 2 radical (unpaired) electrons. The summed E-state index contributed by atoms with van der Waals surface area (Å²) in [5, 5.41) is 0. The van der Waals surface area contributed by atoms with Gasteiger partial charge in [-0.05, 0) is 11.5 Å². The third kappa shape index (κ3) is 2.88. The quantitative estimate of drug-likeness (QED) is 0.502. The van der Waals surface area contributed by atoms with Gasteiger partial charge in [0.15, 0.2) is 0 Å². The minimum Gasteiger partial charge on any atom is -0.261 e. The van der Waals surface area contributed by atoms with Gasteiger partial charge < -0.3 is 0 Å². The molecule has 0 atom stereocenters. The lowest BCUT2D eigenvalue weighted by Gasteiger charge is -2.03. The van der Waals surface area contributed by atoms with Crippen LogP contribution in [0.2, 0.25) is 0 Å². The Hall–Kier alpha value is -1.31. The van der Waals surface area contributed by atoms with Crippen LogP contribution in [0.25, 0.3) is 0 Å². The van der Waals surface area contributed by atoms with Crippen molar-refractivity contribution >= 4 is 19.5 Å². The molecule has 0 spiro atoms. The molecule has 0 bridgehead atoms. The minimum absolute atomic E-state index is 0.371. The summed E-state index contributed by atoms with van der Waals surface area (Å²) in [5.74, 6) is 0.371. The Morgan fingerprint density at radius 2 is 2.07 bits per heavy atom. The van der Waals surface area contributed by atoms with Gasteiger partial charge in [0.2, 0.25) is 0 Å². The second-order valence-electron chi connectivity index (χ2n) is 3.53. The summed E-state index contributed by atoms with van der Waals surface area (Å²) in [5.41, 5.74) is 2.55. The van der Waals surface area contributed by atoms with Crippen molar-refractivity contribution in [1.82, 2.24) is 0 Å². The topological polar surface area (TPSA) is 12.4 Å². The predicted octanol–water partition coefficient (Wildman–Crippen LogP) is 2.07. The highest BCUT2D eigenvalue weighted by Gasteiger charge is 1.96. The van der Waals surface area contributed by atoms with E-state index in [1.807, 2.05) is 24.3 Å². The van der Waals surface area contributed by atoms with Crippen molar-refractivity contribution in [3.8, 4) is 0 Å². The molecule has 0 fully saturated rings. The van der Waals surface area contributed by atoms with Crippen molar-refractivity contribution in [3.63, 3.8) is 0 Å². The van der Waals surface area contributed by atoms with Crippen LogP contribution in [-0.2, 0) is 0 Å².